The van der Waals surface area contributed by atoms with E-state index in [2.05, 4.69) is 15.2 Å². The number of methoxy groups -OCH3 is 1. The Morgan fingerprint density at radius 1 is 1.06 bits per heavy atom. The number of rotatable bonds is 4. The molecule has 0 saturated carbocycles. The predicted molar refractivity (Wildman–Crippen MR) is 127 cm³/mol. The van der Waals surface area contributed by atoms with Crippen LogP contribution in [0.25, 0.3) is 11.0 Å². The molecule has 2 heterocycles. The molecule has 0 bridgehead atoms. The summed E-state index contributed by atoms with van der Waals surface area (Å²) in [5.74, 6) is 1.22. The normalized spacial score (nSPS) is 15.3. The summed E-state index contributed by atoms with van der Waals surface area (Å²) in [5, 5.41) is 6.78. The Hall–Kier alpha value is -3.77. The number of fused-ring (bicyclic) bond motifs is 3. The second-order valence-corrected chi connectivity index (χ2v) is 7.97. The molecule has 1 atom stereocenters. The smallest absolute Gasteiger partial charge is 0.255 e. The highest BCUT2D eigenvalue weighted by Gasteiger charge is 2.34. The van der Waals surface area contributed by atoms with Crippen molar-refractivity contribution in [3.63, 3.8) is 0 Å². The molecule has 0 fully saturated rings. The highest BCUT2D eigenvalue weighted by atomic mass is 35.5. The average Bonchev–Trinajstić information content (AvgIpc) is 3.17. The van der Waals surface area contributed by atoms with Gasteiger partial charge in [0.2, 0.25) is 5.95 Å². The highest BCUT2D eigenvalue weighted by Crippen LogP contribution is 2.40. The fraction of sp³-hybridized carbons (Fsp3) is 0.120. The Bertz CT molecular complexity index is 1360. The van der Waals surface area contributed by atoms with Gasteiger partial charge in [0.25, 0.3) is 5.91 Å². The monoisotopic (exact) mass is 444 g/mol. The molecule has 5 rings (SSSR count). The molecule has 1 amide bonds. The first-order valence-electron chi connectivity index (χ1n) is 10.2. The molecule has 1 aliphatic rings. The summed E-state index contributed by atoms with van der Waals surface area (Å²) < 4.78 is 7.39. The van der Waals surface area contributed by atoms with Crippen molar-refractivity contribution in [3.8, 4) is 5.75 Å². The van der Waals surface area contributed by atoms with Gasteiger partial charge in [-0.15, -0.1) is 0 Å². The average molecular weight is 445 g/mol. The van der Waals surface area contributed by atoms with Gasteiger partial charge in [-0.2, -0.15) is 0 Å². The van der Waals surface area contributed by atoms with Gasteiger partial charge in [0.1, 0.15) is 5.75 Å². The third kappa shape index (κ3) is 3.39. The van der Waals surface area contributed by atoms with Crippen LogP contribution in [0.4, 0.5) is 11.6 Å². The molecule has 0 spiro atoms. The fourth-order valence-electron chi connectivity index (χ4n) is 4.11. The zero-order valence-corrected chi connectivity index (χ0v) is 18.4. The summed E-state index contributed by atoms with van der Waals surface area (Å²) in [6.07, 6.45) is 0. The van der Waals surface area contributed by atoms with E-state index in [0.717, 1.165) is 28.0 Å². The van der Waals surface area contributed by atoms with E-state index < -0.39 is 0 Å². The van der Waals surface area contributed by atoms with Crippen molar-refractivity contribution in [1.82, 2.24) is 9.55 Å². The Balaban J connectivity index is 1.66. The third-order valence-corrected chi connectivity index (χ3v) is 5.96. The second-order valence-electron chi connectivity index (χ2n) is 7.57. The van der Waals surface area contributed by atoms with E-state index in [1.54, 1.807) is 19.2 Å². The maximum atomic E-state index is 13.6. The van der Waals surface area contributed by atoms with Crippen LogP contribution >= 0.6 is 11.6 Å². The molecule has 160 valence electrons. The first-order valence-corrected chi connectivity index (χ1v) is 10.6. The van der Waals surface area contributed by atoms with Crippen LogP contribution < -0.4 is 15.4 Å². The number of benzene rings is 3. The summed E-state index contributed by atoms with van der Waals surface area (Å²) in [7, 11) is 1.63. The van der Waals surface area contributed by atoms with Crippen LogP contribution in [0.3, 0.4) is 0 Å². The number of halogens is 1. The van der Waals surface area contributed by atoms with Gasteiger partial charge in [-0.05, 0) is 48.9 Å². The number of anilines is 2. The lowest BCUT2D eigenvalue weighted by molar-refractivity contribution is -0.113. The summed E-state index contributed by atoms with van der Waals surface area (Å²) in [4.78, 5) is 18.3. The van der Waals surface area contributed by atoms with Gasteiger partial charge in [-0.25, -0.2) is 4.98 Å². The lowest BCUT2D eigenvalue weighted by Crippen LogP contribution is -2.31. The van der Waals surface area contributed by atoms with Crippen LogP contribution in [0, 0.1) is 0 Å². The Kier molecular flexibility index (Phi) is 5.07. The molecule has 0 aliphatic carbocycles. The number of aromatic nitrogens is 2. The molecular formula is C25H21ClN4O2. The van der Waals surface area contributed by atoms with Gasteiger partial charge in [-0.1, -0.05) is 48.0 Å². The molecule has 0 radical (unpaired) electrons. The molecule has 1 aromatic heterocycles. The Morgan fingerprint density at radius 2 is 1.78 bits per heavy atom. The lowest BCUT2D eigenvalue weighted by atomic mass is 9.94. The number of hydrogen-bond donors (Lipinski definition) is 2. The Labute approximate surface area is 190 Å². The minimum atomic E-state index is -0.382. The molecule has 7 heteroatoms. The van der Waals surface area contributed by atoms with Crippen LogP contribution in [-0.2, 0) is 4.79 Å². The van der Waals surface area contributed by atoms with E-state index in [1.807, 2.05) is 67.6 Å². The standard InChI is InChI=1S/C25H21ClN4O2/c1-15-22(24(31)28-19-8-4-3-7-18(19)26)23(16-11-13-17(32-2)14-12-16)30-21-10-6-5-9-20(21)29-25(30)27-15/h3-14,23H,1-2H3,(H,27,29)(H,28,31)/t23-/m1/s1. The number of amides is 1. The number of allylic oxidation sites excluding steroid dienone is 1. The van der Waals surface area contributed by atoms with Crippen LogP contribution in [-0.4, -0.2) is 22.6 Å². The SMILES string of the molecule is COc1ccc([C@@H]2C(C(=O)Nc3ccccc3Cl)=C(C)Nc3nc4ccccc4n32)cc1. The van der Waals surface area contributed by atoms with E-state index in [1.165, 1.54) is 0 Å². The van der Waals surface area contributed by atoms with Crippen molar-refractivity contribution in [2.45, 2.75) is 13.0 Å². The van der Waals surface area contributed by atoms with Crippen molar-refractivity contribution < 1.29 is 9.53 Å². The molecule has 4 aromatic rings. The summed E-state index contributed by atoms with van der Waals surface area (Å²) in [6, 6.07) is 22.5. The highest BCUT2D eigenvalue weighted by molar-refractivity contribution is 6.33. The summed E-state index contributed by atoms with van der Waals surface area (Å²) in [6.45, 7) is 1.89. The maximum absolute atomic E-state index is 13.6. The topological polar surface area (TPSA) is 68.2 Å². The van der Waals surface area contributed by atoms with E-state index in [0.29, 0.717) is 22.2 Å². The largest absolute Gasteiger partial charge is 0.497 e. The minimum Gasteiger partial charge on any atom is -0.497 e. The molecule has 0 unspecified atom stereocenters. The number of imidazole rings is 1. The van der Waals surface area contributed by atoms with Crippen LogP contribution in [0.1, 0.15) is 18.5 Å². The molecule has 6 nitrogen and oxygen atoms in total. The molecular weight excluding hydrogens is 424 g/mol. The van der Waals surface area contributed by atoms with E-state index in [9.17, 15) is 4.79 Å². The first kappa shape index (κ1) is 20.2. The minimum absolute atomic E-state index is 0.229. The molecule has 1 aliphatic heterocycles. The number of ether oxygens (including phenoxy) is 1. The zero-order valence-electron chi connectivity index (χ0n) is 17.6. The number of nitrogens with zero attached hydrogens (tertiary/aromatic N) is 2. The van der Waals surface area contributed by atoms with Gasteiger partial charge in [0.05, 0.1) is 40.5 Å². The lowest BCUT2D eigenvalue weighted by Gasteiger charge is -2.31. The van der Waals surface area contributed by atoms with Gasteiger partial charge < -0.3 is 15.4 Å². The number of hydrogen-bond acceptors (Lipinski definition) is 4. The second kappa shape index (κ2) is 8.05. The van der Waals surface area contributed by atoms with Crippen LogP contribution in [0.15, 0.2) is 84.1 Å². The van der Waals surface area contributed by atoms with Gasteiger partial charge in [0.15, 0.2) is 0 Å². The van der Waals surface area contributed by atoms with Crippen LogP contribution in [0.2, 0.25) is 5.02 Å². The number of carbonyl (C=O) groups excluding carboxylic acids is 1. The molecule has 2 N–H and O–H groups in total. The summed E-state index contributed by atoms with van der Waals surface area (Å²) >= 11 is 6.30. The van der Waals surface area contributed by atoms with Crippen molar-refractivity contribution in [2.75, 3.05) is 17.7 Å². The molecule has 32 heavy (non-hydrogen) atoms. The molecule has 3 aromatic carbocycles. The third-order valence-electron chi connectivity index (χ3n) is 5.63. The zero-order chi connectivity index (χ0) is 22.2. The van der Waals surface area contributed by atoms with E-state index in [-0.39, 0.29) is 11.9 Å². The van der Waals surface area contributed by atoms with Gasteiger partial charge in [-0.3, -0.25) is 9.36 Å². The quantitative estimate of drug-likeness (QED) is 0.428. The maximum Gasteiger partial charge on any atom is 0.255 e. The number of para-hydroxylation sites is 3. The number of nitrogens with one attached hydrogen (secondary N) is 2. The fourth-order valence-corrected chi connectivity index (χ4v) is 4.29. The van der Waals surface area contributed by atoms with E-state index >= 15 is 0 Å². The van der Waals surface area contributed by atoms with Crippen molar-refractivity contribution in [1.29, 1.82) is 0 Å². The Morgan fingerprint density at radius 3 is 2.53 bits per heavy atom. The summed E-state index contributed by atoms with van der Waals surface area (Å²) in [5.41, 5.74) is 4.62. The first-order chi connectivity index (χ1) is 15.6. The predicted octanol–water partition coefficient (Wildman–Crippen LogP) is 5.63. The number of carbonyl (C=O) groups is 1. The van der Waals surface area contributed by atoms with Crippen LogP contribution in [0.5, 0.6) is 5.75 Å². The van der Waals surface area contributed by atoms with Gasteiger partial charge >= 0.3 is 0 Å². The molecule has 0 saturated heterocycles. The van der Waals surface area contributed by atoms with Crippen molar-refractivity contribution in [3.05, 3.63) is 94.7 Å². The van der Waals surface area contributed by atoms with Crippen molar-refractivity contribution in [2.24, 2.45) is 0 Å². The van der Waals surface area contributed by atoms with Gasteiger partial charge in [0, 0.05) is 5.70 Å². The van der Waals surface area contributed by atoms with Crippen molar-refractivity contribution >= 4 is 40.2 Å². The van der Waals surface area contributed by atoms with E-state index in [4.69, 9.17) is 21.3 Å².